The molecule has 2 saturated heterocycles. The van der Waals surface area contributed by atoms with Gasteiger partial charge in [0.05, 0.1) is 29.1 Å². The Kier molecular flexibility index (Phi) is 4.51. The topological polar surface area (TPSA) is 115 Å². The van der Waals surface area contributed by atoms with Crippen LogP contribution < -0.4 is 10.5 Å². The molecule has 2 N–H and O–H groups in total. The van der Waals surface area contributed by atoms with Crippen LogP contribution in [0, 0.1) is 5.92 Å². The van der Waals surface area contributed by atoms with E-state index in [-0.39, 0.29) is 36.6 Å². The normalized spacial score (nSPS) is 26.3. The van der Waals surface area contributed by atoms with Gasteiger partial charge in [-0.2, -0.15) is 0 Å². The molecule has 1 aromatic carbocycles. The Labute approximate surface area is 157 Å². The largest absolute Gasteiger partial charge is 0.480 e. The maximum atomic E-state index is 12.6. The van der Waals surface area contributed by atoms with E-state index in [0.29, 0.717) is 24.5 Å². The zero-order chi connectivity index (χ0) is 19.2. The number of aromatic nitrogens is 2. The molecule has 2 fully saturated rings. The molecule has 3 heterocycles. The Morgan fingerprint density at radius 3 is 2.63 bits per heavy atom. The van der Waals surface area contributed by atoms with Crippen LogP contribution in [0.2, 0.25) is 0 Å². The van der Waals surface area contributed by atoms with Crippen molar-refractivity contribution in [1.29, 1.82) is 0 Å². The van der Waals surface area contributed by atoms with E-state index in [1.54, 1.807) is 4.90 Å². The zero-order valence-corrected chi connectivity index (χ0v) is 15.9. The first-order valence-electron chi connectivity index (χ1n) is 8.93. The molecule has 0 aliphatic carbocycles. The molecule has 27 heavy (non-hydrogen) atoms. The van der Waals surface area contributed by atoms with Crippen molar-refractivity contribution in [3.8, 4) is 5.88 Å². The summed E-state index contributed by atoms with van der Waals surface area (Å²) in [5.74, 6) is 0.177. The van der Waals surface area contributed by atoms with E-state index in [9.17, 15) is 13.2 Å². The number of para-hydroxylation sites is 2. The van der Waals surface area contributed by atoms with E-state index in [4.69, 9.17) is 10.5 Å². The molecule has 0 radical (unpaired) electrons. The number of sulfone groups is 1. The predicted octanol–water partition coefficient (Wildman–Crippen LogP) is 0.154. The number of amides is 1. The van der Waals surface area contributed by atoms with Crippen molar-refractivity contribution in [3.63, 3.8) is 0 Å². The van der Waals surface area contributed by atoms with Crippen molar-refractivity contribution >= 4 is 26.8 Å². The van der Waals surface area contributed by atoms with Crippen molar-refractivity contribution in [2.24, 2.45) is 11.7 Å². The van der Waals surface area contributed by atoms with Crippen LogP contribution in [0.4, 0.5) is 0 Å². The Morgan fingerprint density at radius 2 is 1.96 bits per heavy atom. The molecular formula is C18H22N4O4S. The first-order valence-corrected chi connectivity index (χ1v) is 10.6. The number of benzene rings is 1. The lowest BCUT2D eigenvalue weighted by Gasteiger charge is -2.18. The average Bonchev–Trinajstić information content (AvgIpc) is 3.19. The van der Waals surface area contributed by atoms with Gasteiger partial charge in [-0.15, -0.1) is 0 Å². The first kappa shape index (κ1) is 18.1. The van der Waals surface area contributed by atoms with Gasteiger partial charge in [-0.3, -0.25) is 4.79 Å². The molecule has 144 valence electrons. The van der Waals surface area contributed by atoms with Crippen molar-refractivity contribution in [3.05, 3.63) is 30.0 Å². The van der Waals surface area contributed by atoms with Crippen LogP contribution in [-0.4, -0.2) is 66.4 Å². The lowest BCUT2D eigenvalue weighted by Crippen LogP contribution is -2.35. The summed E-state index contributed by atoms with van der Waals surface area (Å²) in [6, 6.07) is 7.09. The Balaban J connectivity index is 1.47. The average molecular weight is 390 g/mol. The van der Waals surface area contributed by atoms with Crippen molar-refractivity contribution in [1.82, 2.24) is 14.9 Å². The molecule has 2 aliphatic heterocycles. The van der Waals surface area contributed by atoms with Gasteiger partial charge < -0.3 is 15.4 Å². The summed E-state index contributed by atoms with van der Waals surface area (Å²) in [6.07, 6.45) is 0.600. The predicted molar refractivity (Wildman–Crippen MR) is 100 cm³/mol. The molecule has 4 rings (SSSR count). The highest BCUT2D eigenvalue weighted by Gasteiger charge is 2.51. The highest BCUT2D eigenvalue weighted by Crippen LogP contribution is 2.33. The molecule has 8 nitrogen and oxygen atoms in total. The summed E-state index contributed by atoms with van der Waals surface area (Å²) in [5.41, 5.74) is 8.06. The van der Waals surface area contributed by atoms with Gasteiger partial charge in [-0.1, -0.05) is 12.1 Å². The van der Waals surface area contributed by atoms with Crippen molar-refractivity contribution in [2.75, 3.05) is 26.0 Å². The summed E-state index contributed by atoms with van der Waals surface area (Å²) in [5, 5.41) is -0.522. The number of nitrogens with zero attached hydrogens (tertiary/aromatic N) is 3. The number of ether oxygens (including phenoxy) is 1. The van der Waals surface area contributed by atoms with Crippen molar-refractivity contribution in [2.45, 2.75) is 24.1 Å². The second kappa shape index (κ2) is 6.72. The van der Waals surface area contributed by atoms with Crippen LogP contribution in [0.25, 0.3) is 11.0 Å². The number of likely N-dealkylation sites (tertiary alicyclic amines) is 1. The van der Waals surface area contributed by atoms with E-state index < -0.39 is 15.1 Å². The quantitative estimate of drug-likeness (QED) is 0.790. The summed E-state index contributed by atoms with van der Waals surface area (Å²) in [6.45, 7) is 0.643. The second-order valence-electron chi connectivity index (χ2n) is 7.16. The number of rotatable bonds is 4. The fourth-order valence-corrected chi connectivity index (χ4v) is 6.30. The molecule has 3 atom stereocenters. The molecule has 9 heteroatoms. The third kappa shape index (κ3) is 3.25. The van der Waals surface area contributed by atoms with Gasteiger partial charge in [-0.25, -0.2) is 18.4 Å². The third-order valence-electron chi connectivity index (χ3n) is 5.47. The van der Waals surface area contributed by atoms with E-state index in [1.165, 1.54) is 7.11 Å². The van der Waals surface area contributed by atoms with Gasteiger partial charge in [0, 0.05) is 37.9 Å². The molecule has 0 saturated carbocycles. The molecular weight excluding hydrogens is 368 g/mol. The monoisotopic (exact) mass is 390 g/mol. The minimum absolute atomic E-state index is 0.0221. The lowest BCUT2D eigenvalue weighted by molar-refractivity contribution is -0.130. The van der Waals surface area contributed by atoms with Crippen LogP contribution in [0.1, 0.15) is 12.1 Å². The summed E-state index contributed by atoms with van der Waals surface area (Å²) < 4.78 is 29.6. The number of hydrogen-bond donors (Lipinski definition) is 1. The number of carbonyl (C=O) groups excluding carboxylic acids is 1. The van der Waals surface area contributed by atoms with Crippen molar-refractivity contribution < 1.29 is 17.9 Å². The van der Waals surface area contributed by atoms with Gasteiger partial charge in [-0.05, 0) is 12.1 Å². The van der Waals surface area contributed by atoms with E-state index in [2.05, 4.69) is 9.97 Å². The van der Waals surface area contributed by atoms with Crippen LogP contribution >= 0.6 is 0 Å². The van der Waals surface area contributed by atoms with E-state index in [1.807, 2.05) is 24.3 Å². The van der Waals surface area contributed by atoms with E-state index >= 15 is 0 Å². The summed E-state index contributed by atoms with van der Waals surface area (Å²) >= 11 is 0. The number of fused-ring (bicyclic) bond motifs is 2. The molecule has 1 aromatic heterocycles. The summed E-state index contributed by atoms with van der Waals surface area (Å²) in [7, 11) is -1.68. The lowest BCUT2D eigenvalue weighted by atomic mass is 10.0. The summed E-state index contributed by atoms with van der Waals surface area (Å²) in [4.78, 5) is 23.3. The Bertz CT molecular complexity index is 994. The number of aryl methyl sites for hydroxylation is 1. The third-order valence-corrected chi connectivity index (χ3v) is 7.74. The smallest absolute Gasteiger partial charge is 0.235 e. The highest BCUT2D eigenvalue weighted by molar-refractivity contribution is 7.92. The van der Waals surface area contributed by atoms with Gasteiger partial charge in [0.15, 0.2) is 9.84 Å². The van der Waals surface area contributed by atoms with Crippen LogP contribution in [0.5, 0.6) is 5.88 Å². The minimum atomic E-state index is -3.20. The van der Waals surface area contributed by atoms with Gasteiger partial charge in [0.25, 0.3) is 0 Å². The fraction of sp³-hybridized carbons (Fsp3) is 0.500. The molecule has 0 bridgehead atoms. The highest BCUT2D eigenvalue weighted by atomic mass is 32.2. The van der Waals surface area contributed by atoms with E-state index in [0.717, 1.165) is 11.0 Å². The minimum Gasteiger partial charge on any atom is -0.480 e. The Hall–Kier alpha value is -2.26. The van der Waals surface area contributed by atoms with Crippen LogP contribution in [0.15, 0.2) is 24.3 Å². The molecule has 2 aromatic rings. The number of methoxy groups -OCH3 is 1. The molecule has 0 spiro atoms. The standard InChI is InChI=1S/C18H22N4O4S/c1-26-18-15(20-13-4-2-3-5-14(13)21-18)6-7-17(23)22-8-11-12(19)10-27(24,25)16(11)9-22/h2-5,11-12,16H,6-10,19H2,1H3/t11-,12+,16-/m0/s1. The van der Waals surface area contributed by atoms with Crippen LogP contribution in [-0.2, 0) is 21.1 Å². The van der Waals surface area contributed by atoms with Crippen LogP contribution in [0.3, 0.4) is 0 Å². The number of nitrogens with two attached hydrogens (primary N) is 1. The first-order chi connectivity index (χ1) is 12.9. The second-order valence-corrected chi connectivity index (χ2v) is 9.43. The molecule has 1 amide bonds. The number of hydrogen-bond acceptors (Lipinski definition) is 7. The fourth-order valence-electron chi connectivity index (χ4n) is 4.04. The SMILES string of the molecule is COc1nc2ccccc2nc1CCC(=O)N1C[C@H]2[C@H](N)CS(=O)(=O)[C@H]2C1. The van der Waals surface area contributed by atoms with Gasteiger partial charge >= 0.3 is 0 Å². The zero-order valence-electron chi connectivity index (χ0n) is 15.0. The Morgan fingerprint density at radius 1 is 1.26 bits per heavy atom. The number of carbonyl (C=O) groups is 1. The maximum absolute atomic E-state index is 12.6. The molecule has 2 aliphatic rings. The van der Waals surface area contributed by atoms with Gasteiger partial charge in [0.2, 0.25) is 11.8 Å². The van der Waals surface area contributed by atoms with Gasteiger partial charge in [0.1, 0.15) is 5.69 Å². The maximum Gasteiger partial charge on any atom is 0.235 e. The molecule has 0 unspecified atom stereocenters.